The molecule has 2 aliphatic carbocycles. The minimum Gasteiger partial charge on any atom is -0.481 e. The van der Waals surface area contributed by atoms with E-state index in [1.807, 2.05) is 6.07 Å². The molecule has 0 saturated heterocycles. The van der Waals surface area contributed by atoms with Crippen LogP contribution in [0.1, 0.15) is 30.4 Å². The summed E-state index contributed by atoms with van der Waals surface area (Å²) in [6.07, 6.45) is 3.22. The fourth-order valence-electron chi connectivity index (χ4n) is 3.99. The molecule has 4 heteroatoms. The number of carboxylic acid groups (broad SMARTS) is 1. The van der Waals surface area contributed by atoms with Crippen LogP contribution >= 0.6 is 0 Å². The van der Waals surface area contributed by atoms with Crippen molar-refractivity contribution in [3.63, 3.8) is 0 Å². The zero-order valence-electron chi connectivity index (χ0n) is 11.6. The summed E-state index contributed by atoms with van der Waals surface area (Å²) < 4.78 is 13.2. The van der Waals surface area contributed by atoms with Crippen LogP contribution in [-0.4, -0.2) is 17.1 Å². The summed E-state index contributed by atoms with van der Waals surface area (Å²) in [6, 6.07) is 5.13. The number of hydrogen-bond acceptors (Lipinski definition) is 2. The minimum absolute atomic E-state index is 0.0663. The topological polar surface area (TPSA) is 49.3 Å². The van der Waals surface area contributed by atoms with Gasteiger partial charge in [-0.15, -0.1) is 0 Å². The molecule has 0 spiro atoms. The quantitative estimate of drug-likeness (QED) is 0.889. The fourth-order valence-corrected chi connectivity index (χ4v) is 3.99. The maximum Gasteiger partial charge on any atom is 0.308 e. The van der Waals surface area contributed by atoms with Gasteiger partial charge in [-0.25, -0.2) is 4.39 Å². The smallest absolute Gasteiger partial charge is 0.308 e. The molecule has 1 aromatic rings. The van der Waals surface area contributed by atoms with Gasteiger partial charge in [0.05, 0.1) is 5.92 Å². The lowest BCUT2D eigenvalue weighted by Gasteiger charge is -2.29. The molecule has 0 heterocycles. The Morgan fingerprint density at radius 1 is 1.40 bits per heavy atom. The highest BCUT2D eigenvalue weighted by Crippen LogP contribution is 2.48. The lowest BCUT2D eigenvalue weighted by molar-refractivity contribution is -0.144. The molecule has 20 heavy (non-hydrogen) atoms. The monoisotopic (exact) mass is 277 g/mol. The number of benzene rings is 1. The molecule has 0 aliphatic heterocycles. The van der Waals surface area contributed by atoms with E-state index in [-0.39, 0.29) is 17.8 Å². The summed E-state index contributed by atoms with van der Waals surface area (Å²) in [7, 11) is 0. The maximum absolute atomic E-state index is 13.2. The molecular formula is C16H20FNO2. The van der Waals surface area contributed by atoms with E-state index in [1.54, 1.807) is 13.0 Å². The first-order valence-corrected chi connectivity index (χ1v) is 7.27. The average molecular weight is 277 g/mol. The van der Waals surface area contributed by atoms with Crippen molar-refractivity contribution in [3.8, 4) is 0 Å². The van der Waals surface area contributed by atoms with Gasteiger partial charge in [-0.05, 0) is 55.2 Å². The number of aryl methyl sites for hydroxylation is 1. The van der Waals surface area contributed by atoms with E-state index in [0.29, 0.717) is 23.9 Å². The van der Waals surface area contributed by atoms with Crippen LogP contribution < -0.4 is 5.32 Å². The second-order valence-electron chi connectivity index (χ2n) is 6.19. The van der Waals surface area contributed by atoms with Crippen molar-refractivity contribution in [3.05, 3.63) is 35.1 Å². The summed E-state index contributed by atoms with van der Waals surface area (Å²) >= 11 is 0. The highest BCUT2D eigenvalue weighted by molar-refractivity contribution is 5.72. The van der Waals surface area contributed by atoms with Crippen molar-refractivity contribution in [1.29, 1.82) is 0 Å². The van der Waals surface area contributed by atoms with Crippen LogP contribution in [0.25, 0.3) is 0 Å². The van der Waals surface area contributed by atoms with Gasteiger partial charge in [0.25, 0.3) is 0 Å². The third kappa shape index (κ3) is 2.33. The van der Waals surface area contributed by atoms with E-state index in [0.717, 1.165) is 24.8 Å². The number of nitrogens with one attached hydrogen (secondary N) is 1. The van der Waals surface area contributed by atoms with Gasteiger partial charge in [0.1, 0.15) is 5.82 Å². The van der Waals surface area contributed by atoms with Crippen LogP contribution in [0, 0.1) is 30.5 Å². The highest BCUT2D eigenvalue weighted by Gasteiger charge is 2.50. The van der Waals surface area contributed by atoms with Crippen molar-refractivity contribution >= 4 is 5.97 Å². The Morgan fingerprint density at radius 2 is 2.15 bits per heavy atom. The molecular weight excluding hydrogens is 257 g/mol. The second kappa shape index (κ2) is 5.17. The summed E-state index contributed by atoms with van der Waals surface area (Å²) in [4.78, 5) is 11.4. The molecule has 108 valence electrons. The molecule has 2 N–H and O–H groups in total. The highest BCUT2D eigenvalue weighted by atomic mass is 19.1. The van der Waals surface area contributed by atoms with Crippen LogP contribution in [0.15, 0.2) is 18.2 Å². The Kier molecular flexibility index (Phi) is 3.50. The molecule has 3 nitrogen and oxygen atoms in total. The molecule has 3 rings (SSSR count). The SMILES string of the molecule is Cc1cc(CNC2C(C(=O)O)C3CC[C@@H]2C3)ccc1F. The largest absolute Gasteiger partial charge is 0.481 e. The molecule has 2 fully saturated rings. The lowest BCUT2D eigenvalue weighted by Crippen LogP contribution is -2.43. The Bertz CT molecular complexity index is 531. The van der Waals surface area contributed by atoms with Crippen LogP contribution in [0.5, 0.6) is 0 Å². The number of aliphatic carboxylic acids is 1. The molecule has 4 atom stereocenters. The Morgan fingerprint density at radius 3 is 2.85 bits per heavy atom. The number of carboxylic acids is 1. The average Bonchev–Trinajstić information content (AvgIpc) is 3.00. The third-order valence-corrected chi connectivity index (χ3v) is 4.97. The van der Waals surface area contributed by atoms with Gasteiger partial charge in [0, 0.05) is 12.6 Å². The van der Waals surface area contributed by atoms with E-state index in [9.17, 15) is 14.3 Å². The van der Waals surface area contributed by atoms with Gasteiger partial charge < -0.3 is 10.4 Å². The molecule has 2 bridgehead atoms. The van der Waals surface area contributed by atoms with Crippen molar-refractivity contribution in [2.24, 2.45) is 17.8 Å². The maximum atomic E-state index is 13.2. The summed E-state index contributed by atoms with van der Waals surface area (Å²) in [6.45, 7) is 2.36. The Hall–Kier alpha value is -1.42. The number of hydrogen-bond donors (Lipinski definition) is 2. The van der Waals surface area contributed by atoms with E-state index >= 15 is 0 Å². The van der Waals surface area contributed by atoms with Gasteiger partial charge >= 0.3 is 5.97 Å². The summed E-state index contributed by atoms with van der Waals surface area (Å²) in [5.41, 5.74) is 1.64. The zero-order chi connectivity index (χ0) is 14.3. The zero-order valence-corrected chi connectivity index (χ0v) is 11.6. The Balaban J connectivity index is 1.68. The lowest BCUT2D eigenvalue weighted by atomic mass is 9.84. The minimum atomic E-state index is -0.676. The van der Waals surface area contributed by atoms with Crippen molar-refractivity contribution in [1.82, 2.24) is 5.32 Å². The molecule has 3 unspecified atom stereocenters. The van der Waals surface area contributed by atoms with Gasteiger partial charge in [0.15, 0.2) is 0 Å². The predicted molar refractivity (Wildman–Crippen MR) is 73.7 cm³/mol. The molecule has 0 radical (unpaired) electrons. The molecule has 0 amide bonds. The second-order valence-corrected chi connectivity index (χ2v) is 6.19. The van der Waals surface area contributed by atoms with Gasteiger partial charge in [0.2, 0.25) is 0 Å². The van der Waals surface area contributed by atoms with Crippen LogP contribution in [0.3, 0.4) is 0 Å². The van der Waals surface area contributed by atoms with E-state index in [1.165, 1.54) is 6.07 Å². The first-order chi connectivity index (χ1) is 9.56. The van der Waals surface area contributed by atoms with Crippen LogP contribution in [-0.2, 0) is 11.3 Å². The standard InChI is InChI=1S/C16H20FNO2/c1-9-6-10(2-5-13(9)17)8-18-15-12-4-3-11(7-12)14(15)16(19)20/h2,5-6,11-12,14-15,18H,3-4,7-8H2,1H3,(H,19,20)/t11?,12-,14?,15?/m1/s1. The molecule has 2 aliphatic rings. The molecule has 1 aromatic carbocycles. The number of halogens is 1. The van der Waals surface area contributed by atoms with E-state index < -0.39 is 5.97 Å². The first kappa shape index (κ1) is 13.6. The number of carbonyl (C=O) groups is 1. The van der Waals surface area contributed by atoms with Crippen LogP contribution in [0.4, 0.5) is 4.39 Å². The number of rotatable bonds is 4. The van der Waals surface area contributed by atoms with Crippen LogP contribution in [0.2, 0.25) is 0 Å². The van der Waals surface area contributed by atoms with Gasteiger partial charge in [-0.3, -0.25) is 4.79 Å². The Labute approximate surface area is 118 Å². The summed E-state index contributed by atoms with van der Waals surface area (Å²) in [5, 5.41) is 12.8. The fraction of sp³-hybridized carbons (Fsp3) is 0.562. The van der Waals surface area contributed by atoms with Gasteiger partial charge in [-0.2, -0.15) is 0 Å². The number of fused-ring (bicyclic) bond motifs is 2. The van der Waals surface area contributed by atoms with Crippen molar-refractivity contribution < 1.29 is 14.3 Å². The normalized spacial score (nSPS) is 31.7. The van der Waals surface area contributed by atoms with Crippen molar-refractivity contribution in [2.75, 3.05) is 0 Å². The van der Waals surface area contributed by atoms with E-state index in [4.69, 9.17) is 0 Å². The molecule has 2 saturated carbocycles. The van der Waals surface area contributed by atoms with E-state index in [2.05, 4.69) is 5.32 Å². The van der Waals surface area contributed by atoms with Crippen molar-refractivity contribution in [2.45, 2.75) is 38.8 Å². The van der Waals surface area contributed by atoms with Gasteiger partial charge in [-0.1, -0.05) is 12.1 Å². The third-order valence-electron chi connectivity index (χ3n) is 4.97. The molecule has 0 aromatic heterocycles. The predicted octanol–water partition coefficient (Wildman–Crippen LogP) is 2.72. The first-order valence-electron chi connectivity index (χ1n) is 7.27. The summed E-state index contributed by atoms with van der Waals surface area (Å²) in [5.74, 6) is -0.301.